The van der Waals surface area contributed by atoms with E-state index in [1.807, 2.05) is 17.5 Å². The van der Waals surface area contributed by atoms with Gasteiger partial charge in [-0.1, -0.05) is 18.9 Å². The van der Waals surface area contributed by atoms with E-state index in [4.69, 9.17) is 0 Å². The van der Waals surface area contributed by atoms with Crippen molar-refractivity contribution in [1.82, 2.24) is 9.21 Å². The molecule has 2 heterocycles. The van der Waals surface area contributed by atoms with E-state index in [0.717, 1.165) is 30.6 Å². The molecule has 1 aliphatic carbocycles. The summed E-state index contributed by atoms with van der Waals surface area (Å²) in [6.07, 6.45) is 4.04. The van der Waals surface area contributed by atoms with Crippen LogP contribution in [0.25, 0.3) is 0 Å². The van der Waals surface area contributed by atoms with Crippen molar-refractivity contribution in [3.8, 4) is 0 Å². The van der Waals surface area contributed by atoms with Gasteiger partial charge in [-0.2, -0.15) is 4.31 Å². The monoisotopic (exact) mass is 342 g/mol. The Morgan fingerprint density at radius 1 is 1.18 bits per heavy atom. The fraction of sp³-hybridized carbons (Fsp3) is 0.667. The number of carbonyl (C=O) groups excluding carboxylic acids is 1. The highest BCUT2D eigenvalue weighted by atomic mass is 32.2. The largest absolute Gasteiger partial charge is 0.340 e. The lowest BCUT2D eigenvalue weighted by Gasteiger charge is -2.35. The predicted molar refractivity (Wildman–Crippen MR) is 87.4 cm³/mol. The smallest absolute Gasteiger partial charge is 0.227 e. The van der Waals surface area contributed by atoms with Gasteiger partial charge in [0.15, 0.2) is 0 Å². The van der Waals surface area contributed by atoms with E-state index >= 15 is 0 Å². The molecular formula is C15H22N2O3S2. The number of hydrogen-bond acceptors (Lipinski definition) is 4. The third-order valence-electron chi connectivity index (χ3n) is 4.58. The molecule has 2 fully saturated rings. The molecule has 1 saturated heterocycles. The van der Waals surface area contributed by atoms with Crippen LogP contribution in [0.1, 0.15) is 30.6 Å². The number of sulfonamides is 1. The molecule has 1 aromatic rings. The van der Waals surface area contributed by atoms with E-state index in [-0.39, 0.29) is 11.2 Å². The number of carbonyl (C=O) groups is 1. The molecule has 1 aromatic heterocycles. The van der Waals surface area contributed by atoms with Crippen LogP contribution in [-0.2, 0) is 21.2 Å². The van der Waals surface area contributed by atoms with Crippen LogP contribution < -0.4 is 0 Å². The van der Waals surface area contributed by atoms with E-state index < -0.39 is 10.0 Å². The second-order valence-electron chi connectivity index (χ2n) is 5.99. The Bertz CT molecular complexity index is 599. The van der Waals surface area contributed by atoms with Gasteiger partial charge in [0, 0.05) is 31.1 Å². The Kier molecular flexibility index (Phi) is 4.84. The van der Waals surface area contributed by atoms with Crippen molar-refractivity contribution in [2.75, 3.05) is 26.2 Å². The zero-order valence-corrected chi connectivity index (χ0v) is 14.2. The van der Waals surface area contributed by atoms with Crippen molar-refractivity contribution in [2.45, 2.75) is 37.4 Å². The zero-order valence-electron chi connectivity index (χ0n) is 12.6. The molecule has 0 N–H and O–H groups in total. The average Bonchev–Trinajstić information content (AvgIpc) is 3.21. The van der Waals surface area contributed by atoms with Gasteiger partial charge in [-0.05, 0) is 24.3 Å². The molecule has 1 amide bonds. The zero-order chi connectivity index (χ0) is 15.6. The molecular weight excluding hydrogens is 320 g/mol. The van der Waals surface area contributed by atoms with Crippen LogP contribution in [0.15, 0.2) is 17.5 Å². The number of piperazine rings is 1. The Morgan fingerprint density at radius 2 is 1.86 bits per heavy atom. The fourth-order valence-electron chi connectivity index (χ4n) is 3.26. The van der Waals surface area contributed by atoms with Gasteiger partial charge in [0.25, 0.3) is 0 Å². The van der Waals surface area contributed by atoms with Crippen molar-refractivity contribution in [1.29, 1.82) is 0 Å². The maximum absolute atomic E-state index is 12.5. The van der Waals surface area contributed by atoms with Crippen LogP contribution in [0.5, 0.6) is 0 Å². The highest BCUT2D eigenvalue weighted by molar-refractivity contribution is 7.89. The van der Waals surface area contributed by atoms with E-state index in [2.05, 4.69) is 0 Å². The first-order valence-electron chi connectivity index (χ1n) is 7.86. The molecule has 3 rings (SSSR count). The summed E-state index contributed by atoms with van der Waals surface area (Å²) >= 11 is 1.58. The first-order valence-corrected chi connectivity index (χ1v) is 10.2. The van der Waals surface area contributed by atoms with Gasteiger partial charge in [0.2, 0.25) is 15.9 Å². The van der Waals surface area contributed by atoms with Crippen LogP contribution >= 0.6 is 11.3 Å². The second-order valence-corrected chi connectivity index (χ2v) is 9.23. The summed E-state index contributed by atoms with van der Waals surface area (Å²) in [6.45, 7) is 1.90. The third-order valence-corrected chi connectivity index (χ3v) is 7.86. The molecule has 1 aliphatic heterocycles. The minimum absolute atomic E-state index is 0.0976. The third kappa shape index (κ3) is 3.36. The molecule has 0 unspecified atom stereocenters. The van der Waals surface area contributed by atoms with E-state index in [9.17, 15) is 13.2 Å². The van der Waals surface area contributed by atoms with Crippen molar-refractivity contribution >= 4 is 27.3 Å². The quantitative estimate of drug-likeness (QED) is 0.837. The first kappa shape index (κ1) is 16.0. The average molecular weight is 342 g/mol. The van der Waals surface area contributed by atoms with Crippen LogP contribution in [0.4, 0.5) is 0 Å². The number of amides is 1. The van der Waals surface area contributed by atoms with Gasteiger partial charge in [-0.15, -0.1) is 11.3 Å². The minimum atomic E-state index is -3.16. The molecule has 0 bridgehead atoms. The maximum Gasteiger partial charge on any atom is 0.227 e. The van der Waals surface area contributed by atoms with Crippen molar-refractivity contribution in [3.63, 3.8) is 0 Å². The second kappa shape index (κ2) is 6.68. The lowest BCUT2D eigenvalue weighted by Crippen LogP contribution is -2.52. The number of nitrogens with zero attached hydrogens (tertiary/aromatic N) is 2. The lowest BCUT2D eigenvalue weighted by atomic mass is 10.3. The van der Waals surface area contributed by atoms with Crippen molar-refractivity contribution < 1.29 is 13.2 Å². The summed E-state index contributed by atoms with van der Waals surface area (Å²) < 4.78 is 26.7. The maximum atomic E-state index is 12.5. The summed E-state index contributed by atoms with van der Waals surface area (Å²) in [5.41, 5.74) is 0. The highest BCUT2D eigenvalue weighted by Gasteiger charge is 2.36. The Labute approximate surface area is 136 Å². The van der Waals surface area contributed by atoms with Gasteiger partial charge in [-0.25, -0.2) is 8.42 Å². The Hall–Kier alpha value is -0.920. The van der Waals surface area contributed by atoms with Gasteiger partial charge in [0.05, 0.1) is 11.7 Å². The molecule has 22 heavy (non-hydrogen) atoms. The van der Waals surface area contributed by atoms with Gasteiger partial charge < -0.3 is 4.90 Å². The summed E-state index contributed by atoms with van der Waals surface area (Å²) in [6, 6.07) is 3.91. The van der Waals surface area contributed by atoms with Crippen LogP contribution in [-0.4, -0.2) is 55.0 Å². The number of hydrogen-bond donors (Lipinski definition) is 0. The first-order chi connectivity index (χ1) is 10.6. The van der Waals surface area contributed by atoms with Crippen LogP contribution in [0, 0.1) is 0 Å². The van der Waals surface area contributed by atoms with Gasteiger partial charge >= 0.3 is 0 Å². The Morgan fingerprint density at radius 3 is 2.45 bits per heavy atom. The summed E-state index contributed by atoms with van der Waals surface area (Å²) in [5, 5.41) is 1.77. The summed E-state index contributed by atoms with van der Waals surface area (Å²) in [5.74, 6) is 0.0976. The van der Waals surface area contributed by atoms with E-state index in [1.54, 1.807) is 20.5 Å². The molecule has 0 atom stereocenters. The van der Waals surface area contributed by atoms with Crippen molar-refractivity contribution in [2.24, 2.45) is 0 Å². The van der Waals surface area contributed by atoms with Crippen molar-refractivity contribution in [3.05, 3.63) is 22.4 Å². The molecule has 5 nitrogen and oxygen atoms in total. The Balaban J connectivity index is 1.54. The molecule has 1 saturated carbocycles. The minimum Gasteiger partial charge on any atom is -0.340 e. The normalized spacial score (nSPS) is 21.4. The number of thiophene rings is 1. The topological polar surface area (TPSA) is 57.7 Å². The highest BCUT2D eigenvalue weighted by Crippen LogP contribution is 2.27. The predicted octanol–water partition coefficient (Wildman–Crippen LogP) is 1.71. The lowest BCUT2D eigenvalue weighted by molar-refractivity contribution is -0.131. The van der Waals surface area contributed by atoms with Crippen LogP contribution in [0.3, 0.4) is 0 Å². The van der Waals surface area contributed by atoms with Crippen LogP contribution in [0.2, 0.25) is 0 Å². The molecule has 0 radical (unpaired) electrons. The standard InChI is InChI=1S/C15H22N2O3S2/c18-15(12-13-4-3-11-21-13)16-7-9-17(10-8-16)22(19,20)14-5-1-2-6-14/h3-4,11,14H,1-2,5-10,12H2. The summed E-state index contributed by atoms with van der Waals surface area (Å²) in [7, 11) is -3.16. The SMILES string of the molecule is O=C(Cc1cccs1)N1CCN(S(=O)(=O)C2CCCC2)CC1. The molecule has 0 spiro atoms. The van der Waals surface area contributed by atoms with E-state index in [1.165, 1.54) is 0 Å². The van der Waals surface area contributed by atoms with Gasteiger partial charge in [-0.3, -0.25) is 4.79 Å². The molecule has 2 aliphatic rings. The van der Waals surface area contributed by atoms with Gasteiger partial charge in [0.1, 0.15) is 0 Å². The van der Waals surface area contributed by atoms with E-state index in [0.29, 0.717) is 32.6 Å². The molecule has 0 aromatic carbocycles. The number of rotatable bonds is 4. The fourth-order valence-corrected chi connectivity index (χ4v) is 5.98. The summed E-state index contributed by atoms with van der Waals surface area (Å²) in [4.78, 5) is 15.1. The molecule has 7 heteroatoms. The molecule has 122 valence electrons.